The van der Waals surface area contributed by atoms with Crippen LogP contribution in [-0.2, 0) is 4.79 Å². The number of nitrogen functional groups attached to an aromatic ring is 2. The Hall–Kier alpha value is -5.40. The van der Waals surface area contributed by atoms with Crippen molar-refractivity contribution in [3.63, 3.8) is 0 Å². The summed E-state index contributed by atoms with van der Waals surface area (Å²) < 4.78 is 32.4. The second-order valence-electron chi connectivity index (χ2n) is 8.16. The fraction of sp³-hybridized carbons (Fsp3) is 0.160. The molecule has 202 valence electrons. The second-order valence-corrected chi connectivity index (χ2v) is 8.16. The number of nitrogens with one attached hydrogen (secondary N) is 3. The van der Waals surface area contributed by atoms with Gasteiger partial charge >= 0.3 is 11.7 Å². The number of ether oxygens (including phenoxy) is 3. The number of nitrogens with zero attached hydrogens (tertiary/aromatic N) is 3. The number of pyridine rings is 1. The zero-order valence-corrected chi connectivity index (χ0v) is 21.1. The van der Waals surface area contributed by atoms with Gasteiger partial charge in [0.05, 0.1) is 19.8 Å². The summed E-state index contributed by atoms with van der Waals surface area (Å²) in [6, 6.07) is 9.21. The van der Waals surface area contributed by atoms with Crippen LogP contribution in [0.3, 0.4) is 0 Å². The van der Waals surface area contributed by atoms with E-state index < -0.39 is 23.5 Å². The summed E-state index contributed by atoms with van der Waals surface area (Å²) >= 11 is 0. The molecule has 39 heavy (non-hydrogen) atoms. The lowest BCUT2D eigenvalue weighted by Gasteiger charge is -2.21. The Kier molecular flexibility index (Phi) is 7.46. The van der Waals surface area contributed by atoms with Crippen LogP contribution in [0, 0.1) is 11.2 Å². The van der Waals surface area contributed by atoms with Gasteiger partial charge in [-0.3, -0.25) is 15.2 Å². The fourth-order valence-corrected chi connectivity index (χ4v) is 3.83. The van der Waals surface area contributed by atoms with Gasteiger partial charge in [-0.1, -0.05) is 0 Å². The number of H-pyrrole nitrogens is 1. The average Bonchev–Trinajstić information content (AvgIpc) is 3.28. The van der Waals surface area contributed by atoms with Crippen LogP contribution in [0.4, 0.5) is 15.9 Å². The number of benzene rings is 2. The topological polar surface area (TPSA) is 196 Å². The number of carbonyl (C=O) groups is 1. The van der Waals surface area contributed by atoms with Crippen molar-refractivity contribution in [3.8, 4) is 22.9 Å². The van der Waals surface area contributed by atoms with Gasteiger partial charge in [0.15, 0.2) is 17.4 Å². The minimum absolute atomic E-state index is 0.00198. The molecule has 0 amide bonds. The molecule has 0 fully saturated rings. The Morgan fingerprint density at radius 3 is 2.59 bits per heavy atom. The molecule has 4 aromatic rings. The maximum Gasteiger partial charge on any atom is 0.348 e. The molecule has 2 aromatic heterocycles. The highest BCUT2D eigenvalue weighted by molar-refractivity contribution is 5.98. The quantitative estimate of drug-likeness (QED) is 0.0914. The van der Waals surface area contributed by atoms with Crippen molar-refractivity contribution in [2.24, 2.45) is 5.73 Å². The van der Waals surface area contributed by atoms with E-state index in [2.05, 4.69) is 20.4 Å². The summed E-state index contributed by atoms with van der Waals surface area (Å²) in [6.45, 7) is 1.20. The summed E-state index contributed by atoms with van der Waals surface area (Å²) in [5, 5.41) is 15.2. The van der Waals surface area contributed by atoms with E-state index in [-0.39, 0.29) is 51.5 Å². The minimum Gasteiger partial charge on any atom is -0.497 e. The van der Waals surface area contributed by atoms with Gasteiger partial charge in [-0.25, -0.2) is 14.2 Å². The third-order valence-corrected chi connectivity index (χ3v) is 5.60. The summed E-state index contributed by atoms with van der Waals surface area (Å²) in [5.41, 5.74) is 11.6. The van der Waals surface area contributed by atoms with Crippen LogP contribution in [0.25, 0.3) is 5.69 Å². The molecular weight excluding hydrogens is 511 g/mol. The maximum absolute atomic E-state index is 15.7. The van der Waals surface area contributed by atoms with Crippen molar-refractivity contribution in [1.82, 2.24) is 19.7 Å². The van der Waals surface area contributed by atoms with Crippen LogP contribution >= 0.6 is 0 Å². The van der Waals surface area contributed by atoms with Crippen LogP contribution in [0.2, 0.25) is 0 Å². The van der Waals surface area contributed by atoms with E-state index in [4.69, 9.17) is 31.1 Å². The van der Waals surface area contributed by atoms with Crippen molar-refractivity contribution >= 4 is 23.3 Å². The first kappa shape index (κ1) is 26.7. The first-order valence-corrected chi connectivity index (χ1v) is 11.4. The Bertz CT molecular complexity index is 1620. The van der Waals surface area contributed by atoms with Crippen LogP contribution in [-0.4, -0.2) is 45.8 Å². The third kappa shape index (κ3) is 5.49. The molecule has 0 radical (unpaired) electrons. The normalized spacial score (nSPS) is 11.5. The number of esters is 1. The number of amidine groups is 1. The van der Waals surface area contributed by atoms with E-state index in [1.54, 1.807) is 18.2 Å². The molecular formula is C25H25FN8O5. The summed E-state index contributed by atoms with van der Waals surface area (Å²) in [7, 11) is 2.71. The molecule has 0 saturated heterocycles. The van der Waals surface area contributed by atoms with E-state index in [0.29, 0.717) is 5.69 Å². The predicted octanol–water partition coefficient (Wildman–Crippen LogP) is 2.10. The van der Waals surface area contributed by atoms with E-state index in [9.17, 15) is 9.59 Å². The molecule has 1 atom stereocenters. The van der Waals surface area contributed by atoms with E-state index in [1.807, 2.05) is 0 Å². The number of methoxy groups -OCH3 is 2. The van der Waals surface area contributed by atoms with Gasteiger partial charge in [0.2, 0.25) is 0 Å². The van der Waals surface area contributed by atoms with Crippen molar-refractivity contribution in [2.45, 2.75) is 13.0 Å². The van der Waals surface area contributed by atoms with Gasteiger partial charge in [-0.15, -0.1) is 5.10 Å². The van der Waals surface area contributed by atoms with Gasteiger partial charge in [-0.2, -0.15) is 4.68 Å². The molecule has 7 N–H and O–H groups in total. The molecule has 2 aromatic carbocycles. The zero-order chi connectivity index (χ0) is 28.3. The highest BCUT2D eigenvalue weighted by atomic mass is 19.1. The molecule has 13 nitrogen and oxygen atoms in total. The molecule has 0 spiro atoms. The molecule has 14 heteroatoms. The Morgan fingerprint density at radius 1 is 1.18 bits per heavy atom. The lowest BCUT2D eigenvalue weighted by molar-refractivity contribution is -0.131. The first-order valence-electron chi connectivity index (χ1n) is 11.4. The van der Waals surface area contributed by atoms with Gasteiger partial charge in [0.25, 0.3) is 0 Å². The molecule has 0 bridgehead atoms. The Balaban J connectivity index is 1.90. The van der Waals surface area contributed by atoms with E-state index in [1.165, 1.54) is 51.6 Å². The van der Waals surface area contributed by atoms with E-state index >= 15 is 4.39 Å². The lowest BCUT2D eigenvalue weighted by atomic mass is 10.0. The van der Waals surface area contributed by atoms with Gasteiger partial charge in [0.1, 0.15) is 34.9 Å². The number of nitrogens with two attached hydrogens (primary N) is 2. The number of carbonyl (C=O) groups excluding carboxylic acids is 1. The monoisotopic (exact) mass is 536 g/mol. The number of halogens is 1. The largest absolute Gasteiger partial charge is 0.497 e. The number of anilines is 2. The molecule has 0 aliphatic heterocycles. The summed E-state index contributed by atoms with van der Waals surface area (Å²) in [5.74, 6) is -1.47. The van der Waals surface area contributed by atoms with Crippen molar-refractivity contribution in [3.05, 3.63) is 81.9 Å². The van der Waals surface area contributed by atoms with Crippen LogP contribution < -0.4 is 36.7 Å². The van der Waals surface area contributed by atoms with Crippen LogP contribution in [0.15, 0.2) is 53.5 Å². The van der Waals surface area contributed by atoms with Crippen molar-refractivity contribution in [1.29, 1.82) is 5.41 Å². The lowest BCUT2D eigenvalue weighted by Crippen LogP contribution is -2.18. The number of aromatic amines is 1. The SMILES string of the molecule is COc1cc(OC)c(F)c([C@H](Nc2ccc(C(=N)N)c(OC(C)=O)c2)c2nn(-c3cccnc3N)c(=O)[nH]2)c1. The molecule has 2 heterocycles. The van der Waals surface area contributed by atoms with Gasteiger partial charge < -0.3 is 31.0 Å². The average molecular weight is 537 g/mol. The number of hydrogen-bond donors (Lipinski definition) is 5. The summed E-state index contributed by atoms with van der Waals surface area (Å²) in [4.78, 5) is 31.2. The van der Waals surface area contributed by atoms with Crippen molar-refractivity contribution in [2.75, 3.05) is 25.3 Å². The maximum atomic E-state index is 15.7. The van der Waals surface area contributed by atoms with Crippen LogP contribution in [0.1, 0.15) is 29.9 Å². The molecule has 0 saturated carbocycles. The fourth-order valence-electron chi connectivity index (χ4n) is 3.83. The molecule has 0 aliphatic carbocycles. The molecule has 4 rings (SSSR count). The number of hydrogen-bond acceptors (Lipinski definition) is 10. The van der Waals surface area contributed by atoms with Crippen molar-refractivity contribution < 1.29 is 23.4 Å². The molecule has 0 unspecified atom stereocenters. The first-order chi connectivity index (χ1) is 18.6. The highest BCUT2D eigenvalue weighted by Gasteiger charge is 2.27. The summed E-state index contributed by atoms with van der Waals surface area (Å²) in [6.07, 6.45) is 1.46. The third-order valence-electron chi connectivity index (χ3n) is 5.60. The van der Waals surface area contributed by atoms with E-state index in [0.717, 1.165) is 4.68 Å². The Labute approximate surface area is 221 Å². The minimum atomic E-state index is -1.13. The number of rotatable bonds is 9. The highest BCUT2D eigenvalue weighted by Crippen LogP contribution is 2.35. The van der Waals surface area contributed by atoms with Gasteiger partial charge in [-0.05, 0) is 30.3 Å². The molecule has 0 aliphatic rings. The van der Waals surface area contributed by atoms with Crippen LogP contribution in [0.5, 0.6) is 17.2 Å². The standard InChI is InChI=1S/C25H25FN8O5/c1-12(35)39-18-9-13(6-7-15(18)22(27)28)31-21(16-10-14(37-2)11-19(38-3)20(16)26)24-32-25(36)34(33-24)17-5-4-8-30-23(17)29/h4-11,21,31H,1-3H3,(H3,27,28)(H2,29,30)(H,32,33,36)/t21-/m0/s1. The smallest absolute Gasteiger partial charge is 0.348 e. The predicted molar refractivity (Wildman–Crippen MR) is 140 cm³/mol. The van der Waals surface area contributed by atoms with Gasteiger partial charge in [0, 0.05) is 36.5 Å². The number of aromatic nitrogens is 4. The second kappa shape index (κ2) is 10.9. The Morgan fingerprint density at radius 2 is 1.95 bits per heavy atom. The zero-order valence-electron chi connectivity index (χ0n) is 21.1.